The Morgan fingerprint density at radius 2 is 2.11 bits per heavy atom. The third kappa shape index (κ3) is 4.62. The number of nitrogens with zero attached hydrogens (tertiary/aromatic N) is 1. The molecule has 104 valence electrons. The van der Waals surface area contributed by atoms with Crippen molar-refractivity contribution in [1.82, 2.24) is 0 Å². The van der Waals surface area contributed by atoms with E-state index in [1.165, 1.54) is 12.3 Å². The first-order valence-electron chi connectivity index (χ1n) is 6.05. The molecule has 0 amide bonds. The highest BCUT2D eigenvalue weighted by Crippen LogP contribution is 2.26. The molecule has 0 aliphatic heterocycles. The molecule has 0 heterocycles. The van der Waals surface area contributed by atoms with Crippen LogP contribution in [0, 0.1) is 5.41 Å². The maximum Gasteiger partial charge on any atom is 0.340 e. The van der Waals surface area contributed by atoms with Gasteiger partial charge in [0.05, 0.1) is 18.2 Å². The summed E-state index contributed by atoms with van der Waals surface area (Å²) in [4.78, 5) is 16.2. The summed E-state index contributed by atoms with van der Waals surface area (Å²) >= 11 is 0. The van der Waals surface area contributed by atoms with E-state index in [0.29, 0.717) is 17.9 Å². The zero-order chi connectivity index (χ0) is 14.5. The van der Waals surface area contributed by atoms with Gasteiger partial charge in [-0.15, -0.1) is 0 Å². The van der Waals surface area contributed by atoms with Crippen molar-refractivity contribution in [3.63, 3.8) is 0 Å². The first-order chi connectivity index (χ1) is 8.84. The van der Waals surface area contributed by atoms with Gasteiger partial charge in [-0.1, -0.05) is 5.16 Å². The molecule has 0 aliphatic carbocycles. The van der Waals surface area contributed by atoms with Crippen molar-refractivity contribution in [1.29, 1.82) is 0 Å². The number of carbonyl (C=O) groups excluding carboxylic acids is 1. The molecule has 0 saturated heterocycles. The van der Waals surface area contributed by atoms with Crippen LogP contribution in [0.1, 0.15) is 33.3 Å². The highest BCUT2D eigenvalue weighted by atomic mass is 16.7. The number of benzene rings is 1. The Kier molecular flexibility index (Phi) is 4.92. The summed E-state index contributed by atoms with van der Waals surface area (Å²) in [5.74, 6) is 0.0202. The lowest BCUT2D eigenvalue weighted by molar-refractivity contribution is -0.152. The Balaban J connectivity index is 2.72. The fourth-order valence-corrected chi connectivity index (χ4v) is 1.15. The zero-order valence-electron chi connectivity index (χ0n) is 11.6. The maximum absolute atomic E-state index is 11.5. The van der Waals surface area contributed by atoms with Gasteiger partial charge in [0.2, 0.25) is 0 Å². The highest BCUT2D eigenvalue weighted by molar-refractivity contribution is 5.82. The first-order valence-corrected chi connectivity index (χ1v) is 6.05. The number of ether oxygens (including phenoxy) is 1. The van der Waals surface area contributed by atoms with Gasteiger partial charge in [-0.3, -0.25) is 0 Å². The van der Waals surface area contributed by atoms with Crippen molar-refractivity contribution < 1.29 is 19.5 Å². The number of oxime groups is 1. The molecule has 5 heteroatoms. The summed E-state index contributed by atoms with van der Waals surface area (Å²) in [5.41, 5.74) is 0.0749. The molecule has 0 atom stereocenters. The Bertz CT molecular complexity index is 475. The number of phenols is 1. The minimum Gasteiger partial charge on any atom is -0.504 e. The van der Waals surface area contributed by atoms with Crippen molar-refractivity contribution in [3.05, 3.63) is 23.8 Å². The molecule has 1 N–H and O–H groups in total. The van der Waals surface area contributed by atoms with Crippen LogP contribution in [0.25, 0.3) is 0 Å². The number of phenolic OH excluding ortho intramolecular Hbond substituents is 1. The molecule has 0 aromatic heterocycles. The van der Waals surface area contributed by atoms with Gasteiger partial charge in [-0.25, -0.2) is 4.79 Å². The standard InChI is InChI=1S/C14H19NO4/c1-5-18-12-8-10(6-7-11(12)16)9-15-19-13(17)14(2,3)4/h6-9,16H,5H2,1-4H3/b15-9+. The SMILES string of the molecule is CCOc1cc(/C=N/OC(=O)C(C)(C)C)ccc1O. The van der Waals surface area contributed by atoms with Crippen molar-refractivity contribution >= 4 is 12.2 Å². The van der Waals surface area contributed by atoms with Gasteiger partial charge in [0, 0.05) is 5.56 Å². The second kappa shape index (κ2) is 6.22. The van der Waals surface area contributed by atoms with Crippen molar-refractivity contribution in [2.75, 3.05) is 6.61 Å². The first kappa shape index (κ1) is 15.0. The normalized spacial score (nSPS) is 11.6. The van der Waals surface area contributed by atoms with E-state index in [-0.39, 0.29) is 5.75 Å². The number of hydrogen-bond acceptors (Lipinski definition) is 5. The molecule has 19 heavy (non-hydrogen) atoms. The minimum absolute atomic E-state index is 0.0608. The van der Waals surface area contributed by atoms with Crippen LogP contribution in [0.3, 0.4) is 0 Å². The van der Waals surface area contributed by atoms with Crippen LogP contribution in [-0.4, -0.2) is 23.9 Å². The summed E-state index contributed by atoms with van der Waals surface area (Å²) in [6.45, 7) is 7.52. The van der Waals surface area contributed by atoms with Crippen molar-refractivity contribution in [2.45, 2.75) is 27.7 Å². The Morgan fingerprint density at radius 3 is 2.68 bits per heavy atom. The molecule has 5 nitrogen and oxygen atoms in total. The van der Waals surface area contributed by atoms with Gasteiger partial charge in [0.25, 0.3) is 0 Å². The lowest BCUT2D eigenvalue weighted by Gasteiger charge is -2.12. The summed E-state index contributed by atoms with van der Waals surface area (Å²) < 4.78 is 5.24. The van der Waals surface area contributed by atoms with E-state index in [0.717, 1.165) is 0 Å². The van der Waals surface area contributed by atoms with E-state index in [1.54, 1.807) is 32.9 Å². The van der Waals surface area contributed by atoms with Gasteiger partial charge in [-0.2, -0.15) is 0 Å². The van der Waals surface area contributed by atoms with Crippen LogP contribution in [-0.2, 0) is 9.63 Å². The van der Waals surface area contributed by atoms with Crippen LogP contribution in [0.2, 0.25) is 0 Å². The highest BCUT2D eigenvalue weighted by Gasteiger charge is 2.23. The smallest absolute Gasteiger partial charge is 0.340 e. The number of rotatable bonds is 4. The third-order valence-electron chi connectivity index (χ3n) is 2.23. The molecule has 1 aromatic rings. The summed E-state index contributed by atoms with van der Waals surface area (Å²) in [6, 6.07) is 4.76. The van der Waals surface area contributed by atoms with Crippen molar-refractivity contribution in [2.24, 2.45) is 10.6 Å². The molecule has 0 fully saturated rings. The molecule has 0 bridgehead atoms. The van der Waals surface area contributed by atoms with Crippen LogP contribution >= 0.6 is 0 Å². The minimum atomic E-state index is -0.594. The van der Waals surface area contributed by atoms with Gasteiger partial charge in [0.15, 0.2) is 11.5 Å². The Morgan fingerprint density at radius 1 is 1.42 bits per heavy atom. The molecular weight excluding hydrogens is 246 g/mol. The fourth-order valence-electron chi connectivity index (χ4n) is 1.15. The van der Waals surface area contributed by atoms with Gasteiger partial charge in [-0.05, 0) is 45.9 Å². The topological polar surface area (TPSA) is 68.1 Å². The second-order valence-electron chi connectivity index (χ2n) is 5.02. The van der Waals surface area contributed by atoms with Crippen LogP contribution in [0.5, 0.6) is 11.5 Å². The molecule has 0 spiro atoms. The fraction of sp³-hybridized carbons (Fsp3) is 0.429. The van der Waals surface area contributed by atoms with Crippen LogP contribution in [0.15, 0.2) is 23.4 Å². The molecule has 1 rings (SSSR count). The predicted molar refractivity (Wildman–Crippen MR) is 72.4 cm³/mol. The van der Waals surface area contributed by atoms with Crippen molar-refractivity contribution in [3.8, 4) is 11.5 Å². The van der Waals surface area contributed by atoms with E-state index < -0.39 is 11.4 Å². The largest absolute Gasteiger partial charge is 0.504 e. The lowest BCUT2D eigenvalue weighted by Crippen LogP contribution is -2.21. The molecule has 0 saturated carbocycles. The molecule has 1 aromatic carbocycles. The lowest BCUT2D eigenvalue weighted by atomic mass is 9.98. The van der Waals surface area contributed by atoms with E-state index in [9.17, 15) is 9.90 Å². The average molecular weight is 265 g/mol. The van der Waals surface area contributed by atoms with Crippen LogP contribution in [0.4, 0.5) is 0 Å². The quantitative estimate of drug-likeness (QED) is 0.516. The van der Waals surface area contributed by atoms with E-state index in [1.807, 2.05) is 6.92 Å². The Hall–Kier alpha value is -2.04. The van der Waals surface area contributed by atoms with Gasteiger partial charge in [0.1, 0.15) is 0 Å². The number of carbonyl (C=O) groups is 1. The number of aromatic hydroxyl groups is 1. The summed E-state index contributed by atoms with van der Waals surface area (Å²) in [7, 11) is 0. The molecule has 0 radical (unpaired) electrons. The second-order valence-corrected chi connectivity index (χ2v) is 5.02. The predicted octanol–water partition coefficient (Wildman–Crippen LogP) is 2.71. The van der Waals surface area contributed by atoms with E-state index >= 15 is 0 Å². The molecule has 0 unspecified atom stereocenters. The monoisotopic (exact) mass is 265 g/mol. The third-order valence-corrected chi connectivity index (χ3v) is 2.23. The van der Waals surface area contributed by atoms with Gasteiger partial charge < -0.3 is 14.7 Å². The summed E-state index contributed by atoms with van der Waals surface area (Å²) in [6.07, 6.45) is 1.39. The average Bonchev–Trinajstić information content (AvgIpc) is 2.32. The van der Waals surface area contributed by atoms with E-state index in [2.05, 4.69) is 5.16 Å². The summed E-state index contributed by atoms with van der Waals surface area (Å²) in [5, 5.41) is 13.2. The number of hydrogen-bond donors (Lipinski definition) is 1. The molecule has 0 aliphatic rings. The van der Waals surface area contributed by atoms with E-state index in [4.69, 9.17) is 9.57 Å². The van der Waals surface area contributed by atoms with Gasteiger partial charge >= 0.3 is 5.97 Å². The van der Waals surface area contributed by atoms with Crippen LogP contribution < -0.4 is 4.74 Å². The Labute approximate surface area is 112 Å². The molecular formula is C14H19NO4. The maximum atomic E-state index is 11.5. The zero-order valence-corrected chi connectivity index (χ0v) is 11.6.